The molecular formula is C28H22FN5O4. The molecule has 4 N–H and O–H groups in total. The van der Waals surface area contributed by atoms with Gasteiger partial charge in [0.1, 0.15) is 23.2 Å². The summed E-state index contributed by atoms with van der Waals surface area (Å²) in [6, 6.07) is 16.8. The number of rotatable bonds is 6. The van der Waals surface area contributed by atoms with E-state index in [9.17, 15) is 24.3 Å². The number of hydrogen-bond acceptors (Lipinski definition) is 7. The van der Waals surface area contributed by atoms with Gasteiger partial charge in [-0.2, -0.15) is 5.26 Å². The molecule has 0 radical (unpaired) electrons. The molecule has 2 amide bonds. The molecule has 1 fully saturated rings. The molecule has 1 aliphatic heterocycles. The Hall–Kier alpha value is -5.01. The number of nitriles is 1. The smallest absolute Gasteiger partial charge is 0.292 e. The van der Waals surface area contributed by atoms with Gasteiger partial charge >= 0.3 is 0 Å². The number of hydrogen-bond donors (Lipinski definition) is 4. The van der Waals surface area contributed by atoms with Crippen LogP contribution in [0.2, 0.25) is 0 Å². The highest BCUT2D eigenvalue weighted by Gasteiger charge is 2.23. The molecule has 0 saturated carbocycles. The molecule has 190 valence electrons. The lowest BCUT2D eigenvalue weighted by Crippen LogP contribution is -2.35. The number of halogens is 1. The van der Waals surface area contributed by atoms with E-state index in [1.807, 2.05) is 0 Å². The predicted molar refractivity (Wildman–Crippen MR) is 138 cm³/mol. The van der Waals surface area contributed by atoms with Gasteiger partial charge in [0.05, 0.1) is 18.0 Å². The number of furan rings is 1. The molecule has 0 bridgehead atoms. The van der Waals surface area contributed by atoms with E-state index >= 15 is 0 Å². The average Bonchev–Trinajstić information content (AvgIpc) is 3.64. The summed E-state index contributed by atoms with van der Waals surface area (Å²) < 4.78 is 18.8. The van der Waals surface area contributed by atoms with E-state index in [0.29, 0.717) is 16.8 Å². The summed E-state index contributed by atoms with van der Waals surface area (Å²) in [6.45, 7) is 0.784. The fraction of sp³-hybridized carbons (Fsp3) is 0.143. The summed E-state index contributed by atoms with van der Waals surface area (Å²) in [5, 5.41) is 29.1. The topological polar surface area (TPSA) is 140 Å². The van der Waals surface area contributed by atoms with E-state index < -0.39 is 11.7 Å². The molecule has 10 heteroatoms. The lowest BCUT2D eigenvalue weighted by atomic mass is 9.97. The van der Waals surface area contributed by atoms with E-state index in [4.69, 9.17) is 4.42 Å². The highest BCUT2D eigenvalue weighted by atomic mass is 19.1. The fourth-order valence-corrected chi connectivity index (χ4v) is 4.31. The van der Waals surface area contributed by atoms with Crippen LogP contribution in [0, 0.1) is 17.1 Å². The maximum absolute atomic E-state index is 13.7. The van der Waals surface area contributed by atoms with Gasteiger partial charge in [-0.3, -0.25) is 9.59 Å². The largest absolute Gasteiger partial charge is 0.507 e. The van der Waals surface area contributed by atoms with Crippen LogP contribution in [0.25, 0.3) is 22.4 Å². The second kappa shape index (κ2) is 10.5. The summed E-state index contributed by atoms with van der Waals surface area (Å²) in [5.74, 6) is -1.84. The number of nitrogens with one attached hydrogen (secondary N) is 3. The van der Waals surface area contributed by atoms with Crippen molar-refractivity contribution < 1.29 is 23.5 Å². The number of aromatic hydroxyl groups is 1. The summed E-state index contributed by atoms with van der Waals surface area (Å²) >= 11 is 0. The SMILES string of the molecule is N#Cc1c(-c2cccc(NC(=O)[C@@H]3CCCN3)c2)cc(-c2ccc(F)cc2O)nc1NC(=O)c1ccco1. The lowest BCUT2D eigenvalue weighted by molar-refractivity contribution is -0.117. The Bertz CT molecular complexity index is 1560. The number of aromatic nitrogens is 1. The molecule has 2 aromatic carbocycles. The van der Waals surface area contributed by atoms with Gasteiger partial charge in [0.2, 0.25) is 5.91 Å². The molecule has 1 atom stereocenters. The van der Waals surface area contributed by atoms with Gasteiger partial charge in [-0.05, 0) is 67.4 Å². The standard InChI is InChI=1S/C28H22FN5O4/c29-17-8-9-19(24(35)13-17)23-14-20(21(15-30)26(33-23)34-28(37)25-7-3-11-38-25)16-4-1-5-18(12-16)32-27(36)22-6-2-10-31-22/h1,3-5,7-9,11-14,22,31,35H,2,6,10H2,(H,32,36)(H,33,34,37)/t22-/m0/s1. The van der Waals surface area contributed by atoms with Gasteiger partial charge in [0, 0.05) is 22.9 Å². The molecular weight excluding hydrogens is 489 g/mol. The number of anilines is 2. The highest BCUT2D eigenvalue weighted by Crippen LogP contribution is 2.36. The molecule has 0 spiro atoms. The molecule has 3 heterocycles. The van der Waals surface area contributed by atoms with Gasteiger partial charge < -0.3 is 25.5 Å². The third-order valence-corrected chi connectivity index (χ3v) is 6.16. The van der Waals surface area contributed by atoms with Crippen LogP contribution in [0.3, 0.4) is 0 Å². The van der Waals surface area contributed by atoms with Gasteiger partial charge in [-0.25, -0.2) is 9.37 Å². The molecule has 4 aromatic rings. The van der Waals surface area contributed by atoms with E-state index in [-0.39, 0.29) is 46.1 Å². The van der Waals surface area contributed by atoms with Crippen molar-refractivity contribution in [2.24, 2.45) is 0 Å². The third-order valence-electron chi connectivity index (χ3n) is 6.16. The van der Waals surface area contributed by atoms with Crippen LogP contribution >= 0.6 is 0 Å². The molecule has 2 aromatic heterocycles. The second-order valence-corrected chi connectivity index (χ2v) is 8.70. The predicted octanol–water partition coefficient (Wildman–Crippen LogP) is 4.67. The first-order valence-corrected chi connectivity index (χ1v) is 11.9. The Labute approximate surface area is 216 Å². The highest BCUT2D eigenvalue weighted by molar-refractivity contribution is 6.03. The Morgan fingerprint density at radius 2 is 1.97 bits per heavy atom. The minimum Gasteiger partial charge on any atom is -0.507 e. The number of carbonyl (C=O) groups excluding carboxylic acids is 2. The first kappa shape index (κ1) is 24.7. The minimum absolute atomic E-state index is 0.0116. The summed E-state index contributed by atoms with van der Waals surface area (Å²) in [7, 11) is 0. The maximum Gasteiger partial charge on any atom is 0.292 e. The van der Waals surface area contributed by atoms with Gasteiger partial charge in [0.25, 0.3) is 5.91 Å². The zero-order chi connectivity index (χ0) is 26.6. The van der Waals surface area contributed by atoms with Crippen LogP contribution in [0.1, 0.15) is 29.0 Å². The molecule has 1 saturated heterocycles. The first-order chi connectivity index (χ1) is 18.4. The van der Waals surface area contributed by atoms with Crippen LogP contribution in [0.4, 0.5) is 15.9 Å². The third kappa shape index (κ3) is 5.09. The van der Waals surface area contributed by atoms with Crippen molar-refractivity contribution in [2.75, 3.05) is 17.2 Å². The molecule has 0 aliphatic carbocycles. The zero-order valence-corrected chi connectivity index (χ0v) is 20.0. The number of nitrogens with zero attached hydrogens (tertiary/aromatic N) is 2. The number of phenolic OH excluding ortho intramolecular Hbond substituents is 1. The molecule has 0 unspecified atom stereocenters. The molecule has 1 aliphatic rings. The van der Waals surface area contributed by atoms with E-state index in [1.54, 1.807) is 36.4 Å². The van der Waals surface area contributed by atoms with Gasteiger partial charge in [0.15, 0.2) is 11.6 Å². The van der Waals surface area contributed by atoms with Crippen molar-refractivity contribution in [3.05, 3.63) is 84.1 Å². The second-order valence-electron chi connectivity index (χ2n) is 8.70. The van der Waals surface area contributed by atoms with Gasteiger partial charge in [-0.1, -0.05) is 12.1 Å². The quantitative estimate of drug-likeness (QED) is 0.295. The van der Waals surface area contributed by atoms with Crippen molar-refractivity contribution in [3.8, 4) is 34.2 Å². The molecule has 38 heavy (non-hydrogen) atoms. The van der Waals surface area contributed by atoms with Gasteiger partial charge in [-0.15, -0.1) is 0 Å². The fourth-order valence-electron chi connectivity index (χ4n) is 4.31. The van der Waals surface area contributed by atoms with E-state index in [1.165, 1.54) is 24.5 Å². The number of carbonyl (C=O) groups is 2. The normalized spacial score (nSPS) is 14.6. The maximum atomic E-state index is 13.7. The van der Waals surface area contributed by atoms with Crippen LogP contribution in [0.5, 0.6) is 5.75 Å². The number of phenols is 1. The minimum atomic E-state index is -0.633. The van der Waals surface area contributed by atoms with Crippen molar-refractivity contribution in [1.82, 2.24) is 10.3 Å². The first-order valence-electron chi connectivity index (χ1n) is 11.9. The number of benzene rings is 2. The van der Waals surface area contributed by atoms with E-state index in [0.717, 1.165) is 25.5 Å². The average molecular weight is 512 g/mol. The lowest BCUT2D eigenvalue weighted by Gasteiger charge is -2.15. The Morgan fingerprint density at radius 3 is 2.68 bits per heavy atom. The van der Waals surface area contributed by atoms with Crippen LogP contribution < -0.4 is 16.0 Å². The van der Waals surface area contributed by atoms with Crippen molar-refractivity contribution in [2.45, 2.75) is 18.9 Å². The van der Waals surface area contributed by atoms with Crippen molar-refractivity contribution in [3.63, 3.8) is 0 Å². The Kier molecular flexibility index (Phi) is 6.84. The molecule has 9 nitrogen and oxygen atoms in total. The Morgan fingerprint density at radius 1 is 1.11 bits per heavy atom. The van der Waals surface area contributed by atoms with Crippen LogP contribution in [-0.2, 0) is 4.79 Å². The molecule has 5 rings (SSSR count). The van der Waals surface area contributed by atoms with Crippen molar-refractivity contribution in [1.29, 1.82) is 5.26 Å². The summed E-state index contributed by atoms with van der Waals surface area (Å²) in [4.78, 5) is 29.8. The summed E-state index contributed by atoms with van der Waals surface area (Å²) in [6.07, 6.45) is 3.01. The number of pyridine rings is 1. The van der Waals surface area contributed by atoms with Crippen molar-refractivity contribution >= 4 is 23.3 Å². The van der Waals surface area contributed by atoms with Crippen LogP contribution in [-0.4, -0.2) is 34.5 Å². The summed E-state index contributed by atoms with van der Waals surface area (Å²) in [5.41, 5.74) is 1.90. The van der Waals surface area contributed by atoms with E-state index in [2.05, 4.69) is 27.0 Å². The number of amides is 2. The Balaban J connectivity index is 1.60. The van der Waals surface area contributed by atoms with Crippen LogP contribution in [0.15, 0.2) is 71.3 Å². The monoisotopic (exact) mass is 511 g/mol. The zero-order valence-electron chi connectivity index (χ0n) is 20.0.